The van der Waals surface area contributed by atoms with E-state index in [1.54, 1.807) is 29.2 Å². The molecule has 32 heavy (non-hydrogen) atoms. The van der Waals surface area contributed by atoms with Gasteiger partial charge in [0.05, 0.1) is 5.69 Å². The van der Waals surface area contributed by atoms with Gasteiger partial charge in [0.25, 0.3) is 5.91 Å². The first-order chi connectivity index (χ1) is 15.4. The molecule has 2 aromatic rings. The number of aromatic nitrogens is 3. The third kappa shape index (κ3) is 4.95. The minimum Gasteiger partial charge on any atom is -0.383 e. The van der Waals surface area contributed by atoms with Crippen LogP contribution in [-0.2, 0) is 16.1 Å². The average molecular weight is 461 g/mol. The summed E-state index contributed by atoms with van der Waals surface area (Å²) in [7, 11) is 0. The quantitative estimate of drug-likeness (QED) is 0.598. The zero-order valence-electron chi connectivity index (χ0n) is 17.9. The molecule has 2 amide bonds. The molecule has 1 saturated carbocycles. The predicted octanol–water partition coefficient (Wildman–Crippen LogP) is 1.41. The smallest absolute Gasteiger partial charge is 0.252 e. The van der Waals surface area contributed by atoms with Crippen molar-refractivity contribution in [2.45, 2.75) is 63.3 Å². The van der Waals surface area contributed by atoms with Gasteiger partial charge in [0.2, 0.25) is 5.91 Å². The van der Waals surface area contributed by atoms with Crippen molar-refractivity contribution in [2.75, 3.05) is 6.54 Å². The van der Waals surface area contributed by atoms with Gasteiger partial charge in [-0.3, -0.25) is 9.59 Å². The molecule has 4 N–H and O–H groups in total. The van der Waals surface area contributed by atoms with Gasteiger partial charge in [-0.05, 0) is 48.9 Å². The van der Waals surface area contributed by atoms with Crippen LogP contribution in [0.4, 0.5) is 0 Å². The second-order valence-corrected chi connectivity index (χ2v) is 9.11. The van der Waals surface area contributed by atoms with Crippen molar-refractivity contribution in [2.24, 2.45) is 11.7 Å². The van der Waals surface area contributed by atoms with E-state index >= 15 is 0 Å². The number of aliphatic hydroxyl groups excluding tert-OH is 1. The Hall–Kier alpha value is -2.49. The van der Waals surface area contributed by atoms with Crippen LogP contribution in [0.3, 0.4) is 0 Å². The van der Waals surface area contributed by atoms with Gasteiger partial charge in [-0.2, -0.15) is 5.10 Å². The summed E-state index contributed by atoms with van der Waals surface area (Å²) in [5.41, 5.74) is 7.60. The molecule has 1 aliphatic carbocycles. The summed E-state index contributed by atoms with van der Waals surface area (Å²) in [5.74, 6) is -0.740. The molecule has 1 aliphatic heterocycles. The molecule has 3 atom stereocenters. The third-order valence-electron chi connectivity index (χ3n) is 6.43. The number of nitrogens with one attached hydrogen (secondary N) is 1. The fourth-order valence-corrected chi connectivity index (χ4v) is 4.93. The Morgan fingerprint density at radius 1 is 1.28 bits per heavy atom. The molecule has 4 rings (SSSR count). The van der Waals surface area contributed by atoms with Crippen LogP contribution >= 0.6 is 11.6 Å². The topological polar surface area (TPSA) is 126 Å². The maximum absolute atomic E-state index is 13.1. The highest BCUT2D eigenvalue weighted by Gasteiger charge is 2.41. The van der Waals surface area contributed by atoms with Crippen molar-refractivity contribution in [1.29, 1.82) is 0 Å². The summed E-state index contributed by atoms with van der Waals surface area (Å²) in [6, 6.07) is 4.30. The van der Waals surface area contributed by atoms with Crippen molar-refractivity contribution in [1.82, 2.24) is 25.0 Å². The van der Waals surface area contributed by atoms with Crippen molar-refractivity contribution >= 4 is 23.4 Å². The molecule has 0 bridgehead atoms. The van der Waals surface area contributed by atoms with E-state index in [0.717, 1.165) is 43.4 Å². The first kappa shape index (κ1) is 22.7. The van der Waals surface area contributed by atoms with Crippen molar-refractivity contribution in [3.05, 3.63) is 41.4 Å². The average Bonchev–Trinajstić information content (AvgIpc) is 3.47. The largest absolute Gasteiger partial charge is 0.383 e. The van der Waals surface area contributed by atoms with E-state index in [-0.39, 0.29) is 31.0 Å². The standard InChI is InChI=1S/C22H29ClN6O3/c23-16-6-7-18(29-13-25-12-27-29)15(8-16)10-26-21(31)19-9-17(24)11-28(19)22(32)20(30)14-4-2-1-3-5-14/h6-8,12-14,17,19-20,30H,1-5,9-11,24H2,(H,26,31)/t17-,19-,20?/m0/s1. The summed E-state index contributed by atoms with van der Waals surface area (Å²) in [4.78, 5) is 31.5. The van der Waals surface area contributed by atoms with Crippen molar-refractivity contribution in [3.63, 3.8) is 0 Å². The van der Waals surface area contributed by atoms with Gasteiger partial charge in [0.1, 0.15) is 24.8 Å². The van der Waals surface area contributed by atoms with Crippen LogP contribution in [-0.4, -0.2) is 61.3 Å². The number of benzene rings is 1. The Kier molecular flexibility index (Phi) is 7.07. The number of halogens is 1. The van der Waals surface area contributed by atoms with Gasteiger partial charge in [-0.25, -0.2) is 9.67 Å². The molecule has 1 saturated heterocycles. The zero-order chi connectivity index (χ0) is 22.7. The number of likely N-dealkylation sites (tertiary alicyclic amines) is 1. The van der Waals surface area contributed by atoms with E-state index in [0.29, 0.717) is 11.4 Å². The second kappa shape index (κ2) is 9.97. The van der Waals surface area contributed by atoms with Crippen LogP contribution in [0.25, 0.3) is 5.69 Å². The number of nitrogens with two attached hydrogens (primary N) is 1. The predicted molar refractivity (Wildman–Crippen MR) is 119 cm³/mol. The van der Waals surface area contributed by atoms with Gasteiger partial charge in [-0.1, -0.05) is 30.9 Å². The van der Waals surface area contributed by atoms with Gasteiger partial charge < -0.3 is 21.1 Å². The van der Waals surface area contributed by atoms with E-state index in [4.69, 9.17) is 17.3 Å². The first-order valence-electron chi connectivity index (χ1n) is 11.1. The third-order valence-corrected chi connectivity index (χ3v) is 6.66. The molecular formula is C22H29ClN6O3. The zero-order valence-corrected chi connectivity index (χ0v) is 18.6. The highest BCUT2D eigenvalue weighted by atomic mass is 35.5. The molecule has 172 valence electrons. The fraction of sp³-hybridized carbons (Fsp3) is 0.545. The number of amides is 2. The monoisotopic (exact) mass is 460 g/mol. The molecule has 9 nitrogen and oxygen atoms in total. The van der Waals surface area contributed by atoms with Crippen LogP contribution in [0.1, 0.15) is 44.1 Å². The van der Waals surface area contributed by atoms with Crippen LogP contribution in [0.15, 0.2) is 30.9 Å². The summed E-state index contributed by atoms with van der Waals surface area (Å²) in [6.45, 7) is 0.468. The minimum atomic E-state index is -1.08. The number of hydrogen-bond acceptors (Lipinski definition) is 6. The minimum absolute atomic E-state index is 0.0477. The van der Waals surface area contributed by atoms with Crippen LogP contribution in [0.2, 0.25) is 5.02 Å². The Labute approximate surface area is 191 Å². The van der Waals surface area contributed by atoms with Crippen LogP contribution in [0, 0.1) is 5.92 Å². The molecule has 1 aromatic carbocycles. The maximum Gasteiger partial charge on any atom is 0.252 e. The lowest BCUT2D eigenvalue weighted by Crippen LogP contribution is -2.50. The number of carbonyl (C=O) groups excluding carboxylic acids is 2. The Balaban J connectivity index is 1.44. The van der Waals surface area contributed by atoms with Gasteiger partial charge in [-0.15, -0.1) is 0 Å². The Bertz CT molecular complexity index is 947. The molecule has 0 radical (unpaired) electrons. The van der Waals surface area contributed by atoms with E-state index < -0.39 is 18.1 Å². The maximum atomic E-state index is 13.1. The van der Waals surface area contributed by atoms with Gasteiger partial charge in [0.15, 0.2) is 0 Å². The fourth-order valence-electron chi connectivity index (χ4n) is 4.73. The van der Waals surface area contributed by atoms with Crippen LogP contribution in [0.5, 0.6) is 0 Å². The lowest BCUT2D eigenvalue weighted by molar-refractivity contribution is -0.148. The van der Waals surface area contributed by atoms with E-state index in [9.17, 15) is 14.7 Å². The molecule has 10 heteroatoms. The van der Waals surface area contributed by atoms with Crippen LogP contribution < -0.4 is 11.1 Å². The highest BCUT2D eigenvalue weighted by molar-refractivity contribution is 6.30. The normalized spacial score (nSPS) is 22.7. The van der Waals surface area contributed by atoms with E-state index in [1.807, 2.05) is 0 Å². The van der Waals surface area contributed by atoms with E-state index in [2.05, 4.69) is 15.4 Å². The second-order valence-electron chi connectivity index (χ2n) is 8.68. The lowest BCUT2D eigenvalue weighted by Gasteiger charge is -2.31. The lowest BCUT2D eigenvalue weighted by atomic mass is 9.84. The summed E-state index contributed by atoms with van der Waals surface area (Å²) >= 11 is 6.16. The van der Waals surface area contributed by atoms with E-state index in [1.165, 1.54) is 11.2 Å². The molecule has 0 spiro atoms. The van der Waals surface area contributed by atoms with Gasteiger partial charge in [0, 0.05) is 24.2 Å². The number of aliphatic hydroxyl groups is 1. The summed E-state index contributed by atoms with van der Waals surface area (Å²) in [5, 5.41) is 18.3. The molecule has 1 unspecified atom stereocenters. The number of rotatable bonds is 6. The van der Waals surface area contributed by atoms with Crippen molar-refractivity contribution < 1.29 is 14.7 Å². The molecule has 2 fully saturated rings. The molecule has 2 heterocycles. The molecule has 2 aliphatic rings. The number of nitrogens with zero attached hydrogens (tertiary/aromatic N) is 4. The van der Waals surface area contributed by atoms with Crippen molar-refractivity contribution in [3.8, 4) is 5.69 Å². The SMILES string of the molecule is N[C@H]1C[C@@H](C(=O)NCc2cc(Cl)ccc2-n2cncn2)N(C(=O)C(O)C2CCCCC2)C1. The summed E-state index contributed by atoms with van der Waals surface area (Å²) < 4.78 is 1.60. The molecular weight excluding hydrogens is 432 g/mol. The summed E-state index contributed by atoms with van der Waals surface area (Å²) in [6.07, 6.45) is 7.13. The first-order valence-corrected chi connectivity index (χ1v) is 11.5. The number of carbonyl (C=O) groups is 2. The Morgan fingerprint density at radius 3 is 2.78 bits per heavy atom. The van der Waals surface area contributed by atoms with Gasteiger partial charge >= 0.3 is 0 Å². The Morgan fingerprint density at radius 2 is 2.06 bits per heavy atom. The highest BCUT2D eigenvalue weighted by Crippen LogP contribution is 2.29. The molecule has 1 aromatic heterocycles. The number of hydrogen-bond donors (Lipinski definition) is 3.